The van der Waals surface area contributed by atoms with Gasteiger partial charge in [0.2, 0.25) is 0 Å². The lowest BCUT2D eigenvalue weighted by Crippen LogP contribution is -2.07. The molecule has 0 unspecified atom stereocenters. The van der Waals surface area contributed by atoms with Crippen molar-refractivity contribution in [2.45, 2.75) is 53.2 Å². The van der Waals surface area contributed by atoms with Gasteiger partial charge in [0.15, 0.2) is 0 Å². The smallest absolute Gasteiger partial charge is 0.355 e. The van der Waals surface area contributed by atoms with Crippen LogP contribution in [0.4, 0.5) is 0 Å². The first-order chi connectivity index (χ1) is 13.9. The number of nitrogens with one attached hydrogen (secondary N) is 1. The summed E-state index contributed by atoms with van der Waals surface area (Å²) in [5.41, 5.74) is 3.43. The Morgan fingerprint density at radius 2 is 1.72 bits per heavy atom. The zero-order chi connectivity index (χ0) is 21.2. The van der Waals surface area contributed by atoms with E-state index in [0.717, 1.165) is 16.7 Å². The fourth-order valence-corrected chi connectivity index (χ4v) is 2.97. The van der Waals surface area contributed by atoms with E-state index < -0.39 is 11.9 Å². The van der Waals surface area contributed by atoms with Crippen LogP contribution in [0.15, 0.2) is 30.3 Å². The van der Waals surface area contributed by atoms with Crippen LogP contribution in [-0.2, 0) is 43.4 Å². The second-order valence-corrected chi connectivity index (χ2v) is 6.58. The van der Waals surface area contributed by atoms with E-state index >= 15 is 0 Å². The number of ether oxygens (including phenoxy) is 3. The highest BCUT2D eigenvalue weighted by atomic mass is 16.5. The zero-order valence-electron chi connectivity index (χ0n) is 17.1. The molecule has 0 atom stereocenters. The summed E-state index contributed by atoms with van der Waals surface area (Å²) in [5, 5.41) is 0. The number of aromatic amines is 1. The lowest BCUT2D eigenvalue weighted by molar-refractivity contribution is -0.143. The Bertz CT molecular complexity index is 840. The first kappa shape index (κ1) is 22.2. The molecule has 0 bridgehead atoms. The highest BCUT2D eigenvalue weighted by molar-refractivity contribution is 5.89. The molecular weight excluding hydrogens is 374 g/mol. The first-order valence-electron chi connectivity index (χ1n) is 9.62. The number of esters is 3. The van der Waals surface area contributed by atoms with Crippen molar-refractivity contribution in [3.8, 4) is 0 Å². The van der Waals surface area contributed by atoms with Crippen LogP contribution in [0.2, 0.25) is 0 Å². The van der Waals surface area contributed by atoms with Crippen LogP contribution < -0.4 is 0 Å². The Labute approximate surface area is 170 Å². The highest BCUT2D eigenvalue weighted by Crippen LogP contribution is 2.23. The minimum Gasteiger partial charge on any atom is -0.466 e. The molecule has 0 aliphatic heterocycles. The normalized spacial score (nSPS) is 10.4. The van der Waals surface area contributed by atoms with Crippen LogP contribution >= 0.6 is 0 Å². The van der Waals surface area contributed by atoms with Gasteiger partial charge in [0.1, 0.15) is 18.9 Å². The molecule has 1 N–H and O–H groups in total. The van der Waals surface area contributed by atoms with Gasteiger partial charge in [0.25, 0.3) is 0 Å². The lowest BCUT2D eigenvalue weighted by Gasteiger charge is -2.06. The molecule has 1 heterocycles. The van der Waals surface area contributed by atoms with E-state index in [0.29, 0.717) is 30.8 Å². The Balaban J connectivity index is 2.11. The van der Waals surface area contributed by atoms with Gasteiger partial charge in [-0.25, -0.2) is 4.79 Å². The molecule has 0 saturated carbocycles. The molecule has 2 aromatic rings. The third-order valence-corrected chi connectivity index (χ3v) is 4.42. The molecule has 0 aliphatic carbocycles. The van der Waals surface area contributed by atoms with Crippen LogP contribution in [0.3, 0.4) is 0 Å². The summed E-state index contributed by atoms with van der Waals surface area (Å²) in [6.07, 6.45) is 1.38. The van der Waals surface area contributed by atoms with Gasteiger partial charge < -0.3 is 19.2 Å². The predicted octanol–water partition coefficient (Wildman–Crippen LogP) is 3.63. The number of rotatable bonds is 10. The first-order valence-corrected chi connectivity index (χ1v) is 9.62. The number of hydrogen-bond acceptors (Lipinski definition) is 6. The maximum atomic E-state index is 12.6. The van der Waals surface area contributed by atoms with Crippen molar-refractivity contribution in [1.29, 1.82) is 0 Å². The minimum absolute atomic E-state index is 0.0247. The predicted molar refractivity (Wildman–Crippen MR) is 106 cm³/mol. The van der Waals surface area contributed by atoms with Crippen LogP contribution in [-0.4, -0.2) is 29.5 Å². The van der Waals surface area contributed by atoms with E-state index in [-0.39, 0.29) is 25.6 Å². The van der Waals surface area contributed by atoms with E-state index in [1.165, 1.54) is 6.92 Å². The molecule has 156 valence electrons. The molecule has 0 spiro atoms. The SMILES string of the molecule is CCOC(=O)CCCc1c(COC(C)=O)[nH]c(C(=O)OCc2ccccc2)c1C. The van der Waals surface area contributed by atoms with Crippen molar-refractivity contribution in [3.05, 3.63) is 58.4 Å². The fourth-order valence-electron chi connectivity index (χ4n) is 2.97. The highest BCUT2D eigenvalue weighted by Gasteiger charge is 2.21. The number of carbonyl (C=O) groups excluding carboxylic acids is 3. The van der Waals surface area contributed by atoms with Gasteiger partial charge in [0.05, 0.1) is 12.3 Å². The molecule has 1 aromatic carbocycles. The quantitative estimate of drug-likeness (QED) is 0.483. The summed E-state index contributed by atoms with van der Waals surface area (Å²) in [6.45, 7) is 5.43. The average Bonchev–Trinajstić information content (AvgIpc) is 3.01. The molecule has 0 fully saturated rings. The molecule has 0 aliphatic rings. The second-order valence-electron chi connectivity index (χ2n) is 6.58. The van der Waals surface area contributed by atoms with Gasteiger partial charge in [-0.15, -0.1) is 0 Å². The standard InChI is InChI=1S/C22H27NO6/c1-4-27-20(25)12-8-11-18-15(2)21(23-19(18)14-28-16(3)24)22(26)29-13-17-9-6-5-7-10-17/h5-7,9-10,23H,4,8,11-14H2,1-3H3. The third kappa shape index (κ3) is 6.78. The minimum atomic E-state index is -0.480. The molecule has 1 aromatic heterocycles. The van der Waals surface area contributed by atoms with Crippen molar-refractivity contribution in [2.24, 2.45) is 0 Å². The van der Waals surface area contributed by atoms with E-state index in [2.05, 4.69) is 4.98 Å². The maximum Gasteiger partial charge on any atom is 0.355 e. The number of benzene rings is 1. The largest absolute Gasteiger partial charge is 0.466 e. The number of H-pyrrole nitrogens is 1. The van der Waals surface area contributed by atoms with Crippen molar-refractivity contribution in [3.63, 3.8) is 0 Å². The van der Waals surface area contributed by atoms with Gasteiger partial charge >= 0.3 is 17.9 Å². The lowest BCUT2D eigenvalue weighted by atomic mass is 10.0. The van der Waals surface area contributed by atoms with E-state index in [9.17, 15) is 14.4 Å². The summed E-state index contributed by atoms with van der Waals surface area (Å²) in [6, 6.07) is 9.40. The van der Waals surface area contributed by atoms with Crippen molar-refractivity contribution < 1.29 is 28.6 Å². The average molecular weight is 401 g/mol. The van der Waals surface area contributed by atoms with E-state index in [4.69, 9.17) is 14.2 Å². The van der Waals surface area contributed by atoms with Gasteiger partial charge in [-0.2, -0.15) is 0 Å². The second kappa shape index (κ2) is 11.0. The van der Waals surface area contributed by atoms with Gasteiger partial charge in [-0.1, -0.05) is 30.3 Å². The van der Waals surface area contributed by atoms with Crippen LogP contribution in [0, 0.1) is 6.92 Å². The van der Waals surface area contributed by atoms with Crippen LogP contribution in [0.25, 0.3) is 0 Å². The maximum absolute atomic E-state index is 12.6. The Morgan fingerprint density at radius 1 is 1.00 bits per heavy atom. The summed E-state index contributed by atoms with van der Waals surface area (Å²) in [7, 11) is 0. The monoisotopic (exact) mass is 401 g/mol. The summed E-state index contributed by atoms with van der Waals surface area (Å²) < 4.78 is 15.5. The fraction of sp³-hybridized carbons (Fsp3) is 0.409. The summed E-state index contributed by atoms with van der Waals surface area (Å²) >= 11 is 0. The molecule has 29 heavy (non-hydrogen) atoms. The Hall–Kier alpha value is -3.09. The van der Waals surface area contributed by atoms with Crippen molar-refractivity contribution in [1.82, 2.24) is 4.98 Å². The third-order valence-electron chi connectivity index (χ3n) is 4.42. The molecule has 2 rings (SSSR count). The van der Waals surface area contributed by atoms with Gasteiger partial charge in [-0.05, 0) is 43.4 Å². The Morgan fingerprint density at radius 3 is 2.38 bits per heavy atom. The van der Waals surface area contributed by atoms with Crippen LogP contribution in [0.5, 0.6) is 0 Å². The number of hydrogen-bond donors (Lipinski definition) is 1. The van der Waals surface area contributed by atoms with Crippen molar-refractivity contribution >= 4 is 17.9 Å². The van der Waals surface area contributed by atoms with Gasteiger partial charge in [0, 0.05) is 13.3 Å². The number of aromatic nitrogens is 1. The molecule has 0 radical (unpaired) electrons. The van der Waals surface area contributed by atoms with E-state index in [1.807, 2.05) is 37.3 Å². The molecule has 7 nitrogen and oxygen atoms in total. The molecule has 7 heteroatoms. The number of carbonyl (C=O) groups is 3. The molecule has 0 amide bonds. The van der Waals surface area contributed by atoms with Gasteiger partial charge in [-0.3, -0.25) is 9.59 Å². The molecule has 0 saturated heterocycles. The van der Waals surface area contributed by atoms with Crippen molar-refractivity contribution in [2.75, 3.05) is 6.61 Å². The van der Waals surface area contributed by atoms with E-state index in [1.54, 1.807) is 6.92 Å². The molecular formula is C22H27NO6. The summed E-state index contributed by atoms with van der Waals surface area (Å²) in [5.74, 6) is -1.15. The zero-order valence-corrected chi connectivity index (χ0v) is 17.1. The summed E-state index contributed by atoms with van der Waals surface area (Å²) in [4.78, 5) is 38.4. The Kier molecular flexibility index (Phi) is 8.45. The van der Waals surface area contributed by atoms with Crippen LogP contribution in [0.1, 0.15) is 59.6 Å². The topological polar surface area (TPSA) is 94.7 Å².